The molecule has 0 aliphatic rings. The predicted molar refractivity (Wildman–Crippen MR) is 24.4 cm³/mol. The van der Waals surface area contributed by atoms with E-state index >= 15 is 0 Å². The van der Waals surface area contributed by atoms with Crippen LogP contribution in [-0.2, 0) is 9.59 Å². The molecule has 7 heavy (non-hydrogen) atoms. The molecule has 3 heteroatoms. The largest absolute Gasteiger partial charge is 0.324 e. The summed E-state index contributed by atoms with van der Waals surface area (Å²) in [7, 11) is 0. The SMILES string of the molecule is NCC(=O)C[C]=O. The lowest BCUT2D eigenvalue weighted by atomic mass is 10.3. The second kappa shape index (κ2) is 3.49. The van der Waals surface area contributed by atoms with Crippen LogP contribution >= 0.6 is 0 Å². The minimum atomic E-state index is -0.269. The van der Waals surface area contributed by atoms with Crippen molar-refractivity contribution in [3.63, 3.8) is 0 Å². The van der Waals surface area contributed by atoms with Gasteiger partial charge in [0.15, 0.2) is 5.78 Å². The number of rotatable bonds is 3. The Balaban J connectivity index is 3.17. The van der Waals surface area contributed by atoms with Crippen LogP contribution in [0.5, 0.6) is 0 Å². The molecule has 0 aromatic heterocycles. The molecule has 0 saturated heterocycles. The zero-order valence-corrected chi connectivity index (χ0v) is 3.81. The Morgan fingerprint density at radius 1 is 1.71 bits per heavy atom. The molecule has 0 amide bonds. The fourth-order valence-corrected chi connectivity index (χ4v) is 0.153. The van der Waals surface area contributed by atoms with Gasteiger partial charge in [0.2, 0.25) is 6.29 Å². The molecule has 0 atom stereocenters. The van der Waals surface area contributed by atoms with Crippen molar-refractivity contribution in [1.29, 1.82) is 0 Å². The normalized spacial score (nSPS) is 8.14. The first-order valence-electron chi connectivity index (χ1n) is 1.88. The first-order valence-corrected chi connectivity index (χ1v) is 1.88. The van der Waals surface area contributed by atoms with Gasteiger partial charge in [-0.2, -0.15) is 0 Å². The summed E-state index contributed by atoms with van der Waals surface area (Å²) in [5, 5.41) is 0. The molecular formula is C4H6NO2. The molecule has 0 saturated carbocycles. The van der Waals surface area contributed by atoms with Crippen molar-refractivity contribution in [2.24, 2.45) is 5.73 Å². The summed E-state index contributed by atoms with van der Waals surface area (Å²) in [6.45, 7) is -0.0603. The Labute approximate surface area is 41.5 Å². The van der Waals surface area contributed by atoms with Gasteiger partial charge in [0.05, 0.1) is 13.0 Å². The maximum absolute atomic E-state index is 10.0. The summed E-state index contributed by atoms with van der Waals surface area (Å²) in [5.41, 5.74) is 4.83. The topological polar surface area (TPSA) is 60.2 Å². The first-order chi connectivity index (χ1) is 3.31. The van der Waals surface area contributed by atoms with Crippen LogP contribution in [0.2, 0.25) is 0 Å². The highest BCUT2D eigenvalue weighted by atomic mass is 16.1. The van der Waals surface area contributed by atoms with Crippen molar-refractivity contribution >= 4 is 12.1 Å². The third-order valence-electron chi connectivity index (χ3n) is 0.497. The van der Waals surface area contributed by atoms with Gasteiger partial charge in [-0.3, -0.25) is 9.59 Å². The van der Waals surface area contributed by atoms with E-state index in [0.717, 1.165) is 0 Å². The number of hydrogen-bond donors (Lipinski definition) is 1. The Kier molecular flexibility index (Phi) is 3.14. The Bertz CT molecular complexity index is 79.8. The summed E-state index contributed by atoms with van der Waals surface area (Å²) < 4.78 is 0. The minimum absolute atomic E-state index is 0.0603. The van der Waals surface area contributed by atoms with E-state index in [1.54, 1.807) is 0 Å². The number of nitrogens with two attached hydrogens (primary N) is 1. The summed E-state index contributed by atoms with van der Waals surface area (Å²) in [4.78, 5) is 19.4. The fraction of sp³-hybridized carbons (Fsp3) is 0.500. The number of carbonyl (C=O) groups is 1. The Morgan fingerprint density at radius 3 is 2.43 bits per heavy atom. The van der Waals surface area contributed by atoms with Gasteiger partial charge in [0, 0.05) is 0 Å². The lowest BCUT2D eigenvalue weighted by Crippen LogP contribution is -2.12. The second-order valence-corrected chi connectivity index (χ2v) is 1.06. The summed E-state index contributed by atoms with van der Waals surface area (Å²) in [6.07, 6.45) is 1.27. The van der Waals surface area contributed by atoms with Crippen molar-refractivity contribution in [1.82, 2.24) is 0 Å². The number of carbonyl (C=O) groups excluding carboxylic acids is 2. The van der Waals surface area contributed by atoms with Gasteiger partial charge < -0.3 is 5.73 Å². The van der Waals surface area contributed by atoms with Crippen LogP contribution in [0.25, 0.3) is 0 Å². The maximum atomic E-state index is 10.0. The maximum Gasteiger partial charge on any atom is 0.206 e. The van der Waals surface area contributed by atoms with Gasteiger partial charge in [0.1, 0.15) is 0 Å². The fourth-order valence-electron chi connectivity index (χ4n) is 0.153. The molecule has 39 valence electrons. The second-order valence-electron chi connectivity index (χ2n) is 1.06. The van der Waals surface area contributed by atoms with Crippen LogP contribution in [0.1, 0.15) is 6.42 Å². The van der Waals surface area contributed by atoms with Gasteiger partial charge >= 0.3 is 0 Å². The number of hydrogen-bond acceptors (Lipinski definition) is 3. The van der Waals surface area contributed by atoms with Crippen LogP contribution in [-0.4, -0.2) is 18.6 Å². The molecule has 0 fully saturated rings. The molecule has 0 unspecified atom stereocenters. The van der Waals surface area contributed by atoms with Gasteiger partial charge in [-0.05, 0) is 0 Å². The first kappa shape index (κ1) is 6.30. The van der Waals surface area contributed by atoms with Crippen LogP contribution in [0.15, 0.2) is 0 Å². The van der Waals surface area contributed by atoms with E-state index in [-0.39, 0.29) is 18.7 Å². The molecule has 1 radical (unpaired) electrons. The van der Waals surface area contributed by atoms with Crippen molar-refractivity contribution in [3.8, 4) is 0 Å². The predicted octanol–water partition coefficient (Wildman–Crippen LogP) is -0.986. The van der Waals surface area contributed by atoms with Gasteiger partial charge in [-0.15, -0.1) is 0 Å². The van der Waals surface area contributed by atoms with Crippen LogP contribution in [0, 0.1) is 0 Å². The molecule has 0 heterocycles. The van der Waals surface area contributed by atoms with Crippen LogP contribution in [0.3, 0.4) is 0 Å². The highest BCUT2D eigenvalue weighted by molar-refractivity contribution is 5.91. The average molecular weight is 100 g/mol. The summed E-state index contributed by atoms with van der Waals surface area (Å²) in [5.74, 6) is -0.269. The van der Waals surface area contributed by atoms with E-state index in [2.05, 4.69) is 0 Å². The average Bonchev–Trinajstić information content (AvgIpc) is 1.68. The lowest BCUT2D eigenvalue weighted by molar-refractivity contribution is -0.116. The standard InChI is InChI=1S/C4H6NO2/c5-3-4(7)1-2-6/h1,3,5H2. The lowest BCUT2D eigenvalue weighted by Gasteiger charge is -1.80. The highest BCUT2D eigenvalue weighted by Gasteiger charge is 1.93. The molecule has 0 bridgehead atoms. The molecule has 0 aliphatic heterocycles. The molecule has 3 nitrogen and oxygen atoms in total. The highest BCUT2D eigenvalue weighted by Crippen LogP contribution is 1.69. The Morgan fingerprint density at radius 2 is 2.29 bits per heavy atom. The van der Waals surface area contributed by atoms with E-state index in [1.807, 2.05) is 0 Å². The van der Waals surface area contributed by atoms with Crippen LogP contribution in [0.4, 0.5) is 0 Å². The molecule has 0 aromatic rings. The van der Waals surface area contributed by atoms with E-state index in [4.69, 9.17) is 5.73 Å². The molecule has 0 rings (SSSR count). The van der Waals surface area contributed by atoms with Gasteiger partial charge in [0.25, 0.3) is 0 Å². The monoisotopic (exact) mass is 100 g/mol. The van der Waals surface area contributed by atoms with Crippen molar-refractivity contribution in [3.05, 3.63) is 0 Å². The zero-order valence-electron chi connectivity index (χ0n) is 3.81. The van der Waals surface area contributed by atoms with E-state index in [1.165, 1.54) is 6.29 Å². The molecule has 0 spiro atoms. The Hall–Kier alpha value is -0.700. The van der Waals surface area contributed by atoms with Gasteiger partial charge in [-0.1, -0.05) is 0 Å². The summed E-state index contributed by atoms with van der Waals surface area (Å²) in [6, 6.07) is 0. The molecule has 0 aromatic carbocycles. The van der Waals surface area contributed by atoms with Crippen LogP contribution < -0.4 is 5.73 Å². The smallest absolute Gasteiger partial charge is 0.206 e. The molecule has 0 aliphatic carbocycles. The number of ketones is 1. The van der Waals surface area contributed by atoms with E-state index in [9.17, 15) is 9.59 Å². The van der Waals surface area contributed by atoms with Crippen molar-refractivity contribution in [2.45, 2.75) is 6.42 Å². The number of Topliss-reactive ketones (excluding diaryl/α,β-unsaturated/α-hetero) is 1. The third kappa shape index (κ3) is 3.12. The molecular weight excluding hydrogens is 94.0 g/mol. The third-order valence-corrected chi connectivity index (χ3v) is 0.497. The minimum Gasteiger partial charge on any atom is -0.324 e. The van der Waals surface area contributed by atoms with Gasteiger partial charge in [-0.25, -0.2) is 0 Å². The molecule has 2 N–H and O–H groups in total. The van der Waals surface area contributed by atoms with E-state index in [0.29, 0.717) is 0 Å². The summed E-state index contributed by atoms with van der Waals surface area (Å²) >= 11 is 0. The van der Waals surface area contributed by atoms with E-state index < -0.39 is 0 Å². The zero-order chi connectivity index (χ0) is 5.70. The quantitative estimate of drug-likeness (QED) is 0.463. The van der Waals surface area contributed by atoms with Crippen molar-refractivity contribution < 1.29 is 9.59 Å². The van der Waals surface area contributed by atoms with Crippen molar-refractivity contribution in [2.75, 3.05) is 6.54 Å².